The van der Waals surface area contributed by atoms with Crippen LogP contribution < -0.4 is 11.1 Å². The summed E-state index contributed by atoms with van der Waals surface area (Å²) in [6.45, 7) is 4.50. The first-order chi connectivity index (χ1) is 11.7. The lowest BCUT2D eigenvalue weighted by Gasteiger charge is -2.31. The summed E-state index contributed by atoms with van der Waals surface area (Å²) in [6, 6.07) is 0.304. The number of amides is 1. The molecule has 0 atom stereocenters. The summed E-state index contributed by atoms with van der Waals surface area (Å²) in [5.74, 6) is 1.51. The second-order valence-electron chi connectivity index (χ2n) is 7.02. The number of ether oxygens (including phenoxy) is 1. The number of nitrogens with one attached hydrogen (secondary N) is 1. The van der Waals surface area contributed by atoms with Gasteiger partial charge in [-0.25, -0.2) is 4.79 Å². The molecule has 6 heteroatoms. The summed E-state index contributed by atoms with van der Waals surface area (Å²) in [4.78, 5) is 17.9. The van der Waals surface area contributed by atoms with E-state index in [1.165, 1.54) is 38.5 Å². The predicted octanol–water partition coefficient (Wildman–Crippen LogP) is 2.87. The van der Waals surface area contributed by atoms with Gasteiger partial charge in [-0.05, 0) is 32.1 Å². The molecule has 138 valence electrons. The largest absolute Gasteiger partial charge is 0.450 e. The molecule has 2 rings (SSSR count). The van der Waals surface area contributed by atoms with Crippen LogP contribution in [0.4, 0.5) is 4.79 Å². The van der Waals surface area contributed by atoms with Gasteiger partial charge in [0.2, 0.25) is 0 Å². The predicted molar refractivity (Wildman–Crippen MR) is 97.1 cm³/mol. The topological polar surface area (TPSA) is 80.0 Å². The minimum absolute atomic E-state index is 0.208. The van der Waals surface area contributed by atoms with Gasteiger partial charge in [-0.1, -0.05) is 38.5 Å². The molecule has 0 aromatic heterocycles. The molecule has 1 saturated heterocycles. The number of carbonyl (C=O) groups is 1. The molecule has 1 amide bonds. The van der Waals surface area contributed by atoms with E-state index in [0.29, 0.717) is 31.7 Å². The van der Waals surface area contributed by atoms with Gasteiger partial charge in [-0.15, -0.1) is 0 Å². The lowest BCUT2D eigenvalue weighted by Crippen LogP contribution is -2.48. The molecule has 2 fully saturated rings. The summed E-state index contributed by atoms with van der Waals surface area (Å²) < 4.78 is 5.03. The van der Waals surface area contributed by atoms with E-state index < -0.39 is 0 Å². The number of likely N-dealkylation sites (tertiary alicyclic amines) is 1. The highest BCUT2D eigenvalue weighted by Gasteiger charge is 2.23. The number of unbranched alkanes of at least 4 members (excludes halogenated alkanes) is 1. The molecule has 0 spiro atoms. The standard InChI is InChI=1S/C18H34N4O2/c1-2-24-18(23)22-13-10-16(11-14-22)21-17(19)20-12-6-5-9-15-7-3-4-8-15/h15-16H,2-14H2,1H3,(H3,19,20,21). The first-order valence-corrected chi connectivity index (χ1v) is 9.67. The molecule has 0 bridgehead atoms. The van der Waals surface area contributed by atoms with Crippen molar-refractivity contribution in [2.24, 2.45) is 16.6 Å². The maximum Gasteiger partial charge on any atom is 0.409 e. The van der Waals surface area contributed by atoms with Gasteiger partial charge in [0.1, 0.15) is 0 Å². The van der Waals surface area contributed by atoms with Gasteiger partial charge in [0.15, 0.2) is 5.96 Å². The quantitative estimate of drug-likeness (QED) is 0.425. The third-order valence-corrected chi connectivity index (χ3v) is 5.15. The van der Waals surface area contributed by atoms with E-state index in [1.54, 1.807) is 4.90 Å². The third-order valence-electron chi connectivity index (χ3n) is 5.15. The molecule has 1 saturated carbocycles. The van der Waals surface area contributed by atoms with Gasteiger partial charge in [-0.3, -0.25) is 4.99 Å². The number of hydrogen-bond donors (Lipinski definition) is 2. The fourth-order valence-corrected chi connectivity index (χ4v) is 3.72. The first-order valence-electron chi connectivity index (χ1n) is 9.67. The van der Waals surface area contributed by atoms with Crippen LogP contribution in [0.2, 0.25) is 0 Å². The highest BCUT2D eigenvalue weighted by atomic mass is 16.6. The van der Waals surface area contributed by atoms with Crippen molar-refractivity contribution in [1.29, 1.82) is 0 Å². The Morgan fingerprint density at radius 3 is 2.58 bits per heavy atom. The molecule has 6 nitrogen and oxygen atoms in total. The fraction of sp³-hybridized carbons (Fsp3) is 0.889. The highest BCUT2D eigenvalue weighted by Crippen LogP contribution is 2.28. The van der Waals surface area contributed by atoms with Gasteiger partial charge in [0.05, 0.1) is 6.61 Å². The fourth-order valence-electron chi connectivity index (χ4n) is 3.72. The van der Waals surface area contributed by atoms with Gasteiger partial charge in [0.25, 0.3) is 0 Å². The average molecular weight is 338 g/mol. The Hall–Kier alpha value is -1.46. The second-order valence-corrected chi connectivity index (χ2v) is 7.02. The zero-order valence-electron chi connectivity index (χ0n) is 15.1. The Labute approximate surface area is 146 Å². The van der Waals surface area contributed by atoms with Gasteiger partial charge in [-0.2, -0.15) is 0 Å². The number of nitrogens with zero attached hydrogens (tertiary/aromatic N) is 2. The summed E-state index contributed by atoms with van der Waals surface area (Å²) >= 11 is 0. The second kappa shape index (κ2) is 10.4. The molecule has 0 radical (unpaired) electrons. The Morgan fingerprint density at radius 1 is 1.21 bits per heavy atom. The molecule has 2 aliphatic rings. The van der Waals surface area contributed by atoms with Crippen molar-refractivity contribution in [2.45, 2.75) is 70.8 Å². The molecule has 0 aromatic carbocycles. The zero-order chi connectivity index (χ0) is 17.2. The van der Waals surface area contributed by atoms with E-state index in [-0.39, 0.29) is 6.09 Å². The first kappa shape index (κ1) is 18.9. The number of rotatable bonds is 7. The minimum Gasteiger partial charge on any atom is -0.450 e. The molecular formula is C18H34N4O2. The monoisotopic (exact) mass is 338 g/mol. The van der Waals surface area contributed by atoms with Crippen LogP contribution in [0.15, 0.2) is 4.99 Å². The van der Waals surface area contributed by atoms with Crippen molar-refractivity contribution >= 4 is 12.1 Å². The number of piperidine rings is 1. The van der Waals surface area contributed by atoms with E-state index in [4.69, 9.17) is 10.5 Å². The third kappa shape index (κ3) is 6.57. The minimum atomic E-state index is -0.208. The summed E-state index contributed by atoms with van der Waals surface area (Å²) in [7, 11) is 0. The Balaban J connectivity index is 1.55. The Kier molecular flexibility index (Phi) is 8.19. The molecular weight excluding hydrogens is 304 g/mol. The van der Waals surface area contributed by atoms with E-state index in [2.05, 4.69) is 10.3 Å². The van der Waals surface area contributed by atoms with E-state index in [0.717, 1.165) is 31.7 Å². The SMILES string of the molecule is CCOC(=O)N1CCC(NC(N)=NCCCCC2CCCC2)CC1. The van der Waals surface area contributed by atoms with E-state index in [9.17, 15) is 4.79 Å². The lowest BCUT2D eigenvalue weighted by molar-refractivity contribution is 0.0963. The van der Waals surface area contributed by atoms with E-state index in [1.807, 2.05) is 6.92 Å². The van der Waals surface area contributed by atoms with Crippen LogP contribution in [0.1, 0.15) is 64.7 Å². The van der Waals surface area contributed by atoms with Crippen LogP contribution in [-0.4, -0.2) is 49.2 Å². The summed E-state index contributed by atoms with van der Waals surface area (Å²) in [5, 5.41) is 3.29. The van der Waals surface area contributed by atoms with Crippen LogP contribution in [0.5, 0.6) is 0 Å². The smallest absolute Gasteiger partial charge is 0.409 e. The highest BCUT2D eigenvalue weighted by molar-refractivity contribution is 5.78. The zero-order valence-corrected chi connectivity index (χ0v) is 15.1. The van der Waals surface area contributed by atoms with Crippen molar-refractivity contribution in [1.82, 2.24) is 10.2 Å². The molecule has 3 N–H and O–H groups in total. The molecule has 24 heavy (non-hydrogen) atoms. The van der Waals surface area contributed by atoms with Crippen LogP contribution in [0.25, 0.3) is 0 Å². The van der Waals surface area contributed by atoms with Crippen LogP contribution in [-0.2, 0) is 4.74 Å². The number of guanidine groups is 1. The van der Waals surface area contributed by atoms with Gasteiger partial charge < -0.3 is 20.7 Å². The Bertz CT molecular complexity index is 400. The van der Waals surface area contributed by atoms with Crippen molar-refractivity contribution in [3.05, 3.63) is 0 Å². The number of hydrogen-bond acceptors (Lipinski definition) is 3. The normalized spacial score (nSPS) is 20.4. The maximum absolute atomic E-state index is 11.7. The summed E-state index contributed by atoms with van der Waals surface area (Å²) in [6.07, 6.45) is 11.0. The average Bonchev–Trinajstić information content (AvgIpc) is 3.09. The number of aliphatic imine (C=N–C) groups is 1. The van der Waals surface area contributed by atoms with Crippen molar-refractivity contribution in [3.63, 3.8) is 0 Å². The number of nitrogens with two attached hydrogens (primary N) is 1. The van der Waals surface area contributed by atoms with Crippen molar-refractivity contribution < 1.29 is 9.53 Å². The van der Waals surface area contributed by atoms with Crippen LogP contribution >= 0.6 is 0 Å². The molecule has 1 aliphatic carbocycles. The van der Waals surface area contributed by atoms with Gasteiger partial charge >= 0.3 is 6.09 Å². The Morgan fingerprint density at radius 2 is 1.92 bits per heavy atom. The van der Waals surface area contributed by atoms with Crippen LogP contribution in [0.3, 0.4) is 0 Å². The van der Waals surface area contributed by atoms with Gasteiger partial charge in [0, 0.05) is 25.7 Å². The number of carbonyl (C=O) groups excluding carboxylic acids is 1. The van der Waals surface area contributed by atoms with Crippen molar-refractivity contribution in [3.8, 4) is 0 Å². The van der Waals surface area contributed by atoms with Crippen molar-refractivity contribution in [2.75, 3.05) is 26.2 Å². The van der Waals surface area contributed by atoms with Crippen LogP contribution in [0, 0.1) is 5.92 Å². The van der Waals surface area contributed by atoms with E-state index >= 15 is 0 Å². The molecule has 1 aliphatic heterocycles. The molecule has 0 unspecified atom stereocenters. The lowest BCUT2D eigenvalue weighted by atomic mass is 10.0. The molecule has 1 heterocycles. The maximum atomic E-state index is 11.7. The molecule has 0 aromatic rings. The summed E-state index contributed by atoms with van der Waals surface area (Å²) in [5.41, 5.74) is 5.98.